The Morgan fingerprint density at radius 3 is 2.41 bits per heavy atom. The van der Waals surface area contributed by atoms with Crippen LogP contribution in [0.25, 0.3) is 0 Å². The van der Waals surface area contributed by atoms with Gasteiger partial charge in [0, 0.05) is 33.3 Å². The number of carbonyl (C=O) groups excluding carboxylic acids is 1. The number of methoxy groups -OCH3 is 1. The quantitative estimate of drug-likeness (QED) is 0.712. The summed E-state index contributed by atoms with van der Waals surface area (Å²) in [5.74, 6) is -0.158. The Morgan fingerprint density at radius 1 is 1.35 bits per heavy atom. The Hall–Kier alpha value is -0.650. The molecule has 0 radical (unpaired) electrons. The molecule has 1 amide bonds. The van der Waals surface area contributed by atoms with Crippen LogP contribution in [0.5, 0.6) is 0 Å². The van der Waals surface area contributed by atoms with Crippen molar-refractivity contribution in [3.8, 4) is 0 Å². The minimum Gasteiger partial charge on any atom is -0.381 e. The largest absolute Gasteiger partial charge is 0.381 e. The Labute approximate surface area is 103 Å². The average Bonchev–Trinajstić information content (AvgIpc) is 2.39. The van der Waals surface area contributed by atoms with Crippen molar-refractivity contribution in [2.75, 3.05) is 33.3 Å². The van der Waals surface area contributed by atoms with Crippen LogP contribution >= 0.6 is 0 Å². The number of nitrogens with zero attached hydrogens (tertiary/aromatic N) is 1. The molecule has 1 aliphatic carbocycles. The van der Waals surface area contributed by atoms with E-state index in [1.165, 1.54) is 0 Å². The normalized spacial score (nSPS) is 35.7. The molecule has 0 unspecified atom stereocenters. The molecule has 17 heavy (non-hydrogen) atoms. The van der Waals surface area contributed by atoms with E-state index in [-0.39, 0.29) is 5.91 Å². The molecule has 2 fully saturated rings. The van der Waals surface area contributed by atoms with Gasteiger partial charge in [0.2, 0.25) is 5.91 Å². The Morgan fingerprint density at radius 2 is 1.94 bits per heavy atom. The second-order valence-corrected chi connectivity index (χ2v) is 5.07. The standard InChI is InChI=1S/C12H23N3O2/c1-17-10-2-4-12(5-3-10,11(13)16)15-8-6-14-7-9-15/h10,14H,2-9H2,1H3,(H2,13,16). The summed E-state index contributed by atoms with van der Waals surface area (Å²) in [7, 11) is 1.74. The lowest BCUT2D eigenvalue weighted by Crippen LogP contribution is -2.63. The van der Waals surface area contributed by atoms with Crippen LogP contribution in [0.2, 0.25) is 0 Å². The van der Waals surface area contributed by atoms with Crippen molar-refractivity contribution in [1.82, 2.24) is 10.2 Å². The number of rotatable bonds is 3. The number of primary amides is 1. The predicted octanol–water partition coefficient (Wildman–Crippen LogP) is -0.295. The molecule has 0 aromatic rings. The van der Waals surface area contributed by atoms with Crippen molar-refractivity contribution in [3.05, 3.63) is 0 Å². The first-order valence-corrected chi connectivity index (χ1v) is 6.47. The summed E-state index contributed by atoms with van der Waals surface area (Å²) in [6, 6.07) is 0. The topological polar surface area (TPSA) is 67.6 Å². The van der Waals surface area contributed by atoms with Gasteiger partial charge in [-0.15, -0.1) is 0 Å². The maximum Gasteiger partial charge on any atom is 0.237 e. The molecule has 98 valence electrons. The van der Waals surface area contributed by atoms with Crippen molar-refractivity contribution in [2.24, 2.45) is 5.73 Å². The first kappa shape index (κ1) is 12.8. The predicted molar refractivity (Wildman–Crippen MR) is 65.6 cm³/mol. The SMILES string of the molecule is COC1CCC(C(N)=O)(N2CCNCC2)CC1. The second kappa shape index (κ2) is 5.33. The molecule has 0 aromatic carbocycles. The summed E-state index contributed by atoms with van der Waals surface area (Å²) < 4.78 is 5.37. The summed E-state index contributed by atoms with van der Waals surface area (Å²) in [6.07, 6.45) is 3.83. The summed E-state index contributed by atoms with van der Waals surface area (Å²) in [5.41, 5.74) is 5.26. The van der Waals surface area contributed by atoms with Crippen LogP contribution in [-0.4, -0.2) is 55.7 Å². The smallest absolute Gasteiger partial charge is 0.237 e. The van der Waals surface area contributed by atoms with E-state index < -0.39 is 5.54 Å². The Bertz CT molecular complexity index is 269. The zero-order valence-electron chi connectivity index (χ0n) is 10.6. The second-order valence-electron chi connectivity index (χ2n) is 5.07. The number of piperazine rings is 1. The van der Waals surface area contributed by atoms with E-state index >= 15 is 0 Å². The highest BCUT2D eigenvalue weighted by Crippen LogP contribution is 2.34. The van der Waals surface area contributed by atoms with Crippen LogP contribution in [0.4, 0.5) is 0 Å². The molecule has 5 nitrogen and oxygen atoms in total. The number of ether oxygens (including phenoxy) is 1. The minimum atomic E-state index is -0.420. The van der Waals surface area contributed by atoms with E-state index in [2.05, 4.69) is 10.2 Å². The van der Waals surface area contributed by atoms with Gasteiger partial charge in [-0.1, -0.05) is 0 Å². The molecule has 0 aromatic heterocycles. The number of carbonyl (C=O) groups is 1. The number of amides is 1. The van der Waals surface area contributed by atoms with Gasteiger partial charge in [0.15, 0.2) is 0 Å². The van der Waals surface area contributed by atoms with Crippen LogP contribution in [0.1, 0.15) is 25.7 Å². The molecule has 1 heterocycles. The van der Waals surface area contributed by atoms with Crippen LogP contribution in [0.15, 0.2) is 0 Å². The van der Waals surface area contributed by atoms with E-state index in [9.17, 15) is 4.79 Å². The van der Waals surface area contributed by atoms with Crippen LogP contribution < -0.4 is 11.1 Å². The van der Waals surface area contributed by atoms with Crippen molar-refractivity contribution >= 4 is 5.91 Å². The van der Waals surface area contributed by atoms with E-state index in [4.69, 9.17) is 10.5 Å². The van der Waals surface area contributed by atoms with Crippen molar-refractivity contribution in [1.29, 1.82) is 0 Å². The van der Waals surface area contributed by atoms with Gasteiger partial charge in [-0.25, -0.2) is 0 Å². The van der Waals surface area contributed by atoms with Crippen LogP contribution in [0.3, 0.4) is 0 Å². The molecule has 1 saturated carbocycles. The van der Waals surface area contributed by atoms with Crippen LogP contribution in [0, 0.1) is 0 Å². The summed E-state index contributed by atoms with van der Waals surface area (Å²) in [5, 5.41) is 3.31. The highest BCUT2D eigenvalue weighted by atomic mass is 16.5. The van der Waals surface area contributed by atoms with Gasteiger partial charge in [0.1, 0.15) is 5.54 Å². The lowest BCUT2D eigenvalue weighted by molar-refractivity contribution is -0.135. The number of hydrogen-bond acceptors (Lipinski definition) is 4. The van der Waals surface area contributed by atoms with E-state index in [0.29, 0.717) is 6.10 Å². The van der Waals surface area contributed by atoms with Gasteiger partial charge in [-0.3, -0.25) is 9.69 Å². The molecule has 2 rings (SSSR count). The molecular formula is C12H23N3O2. The van der Waals surface area contributed by atoms with Gasteiger partial charge in [-0.2, -0.15) is 0 Å². The molecule has 2 aliphatic rings. The van der Waals surface area contributed by atoms with Gasteiger partial charge in [0.25, 0.3) is 0 Å². The molecule has 3 N–H and O–H groups in total. The number of nitrogens with two attached hydrogens (primary N) is 1. The van der Waals surface area contributed by atoms with Crippen molar-refractivity contribution < 1.29 is 9.53 Å². The van der Waals surface area contributed by atoms with Gasteiger partial charge < -0.3 is 15.8 Å². The fraction of sp³-hybridized carbons (Fsp3) is 0.917. The molecule has 1 aliphatic heterocycles. The fourth-order valence-corrected chi connectivity index (χ4v) is 3.12. The van der Waals surface area contributed by atoms with Gasteiger partial charge in [0.05, 0.1) is 6.10 Å². The van der Waals surface area contributed by atoms with Crippen molar-refractivity contribution in [3.63, 3.8) is 0 Å². The lowest BCUT2D eigenvalue weighted by atomic mass is 9.78. The molecule has 0 atom stereocenters. The summed E-state index contributed by atoms with van der Waals surface area (Å²) in [4.78, 5) is 14.2. The summed E-state index contributed by atoms with van der Waals surface area (Å²) in [6.45, 7) is 3.73. The van der Waals surface area contributed by atoms with Crippen molar-refractivity contribution in [2.45, 2.75) is 37.3 Å². The first-order chi connectivity index (χ1) is 8.19. The van der Waals surface area contributed by atoms with Gasteiger partial charge >= 0.3 is 0 Å². The molecule has 1 saturated heterocycles. The zero-order valence-corrected chi connectivity index (χ0v) is 10.6. The third-order valence-corrected chi connectivity index (χ3v) is 4.27. The Balaban J connectivity index is 2.07. The Kier molecular flexibility index (Phi) is 4.01. The zero-order chi connectivity index (χ0) is 12.3. The van der Waals surface area contributed by atoms with E-state index in [1.807, 2.05) is 0 Å². The third-order valence-electron chi connectivity index (χ3n) is 4.27. The maximum atomic E-state index is 11.9. The monoisotopic (exact) mass is 241 g/mol. The average molecular weight is 241 g/mol. The third kappa shape index (κ3) is 2.46. The molecular weight excluding hydrogens is 218 g/mol. The molecule has 0 spiro atoms. The van der Waals surface area contributed by atoms with Crippen LogP contribution in [-0.2, 0) is 9.53 Å². The minimum absolute atomic E-state index is 0.158. The van der Waals surface area contributed by atoms with E-state index in [1.54, 1.807) is 7.11 Å². The van der Waals surface area contributed by atoms with E-state index in [0.717, 1.165) is 51.9 Å². The van der Waals surface area contributed by atoms with Gasteiger partial charge in [-0.05, 0) is 25.7 Å². The lowest BCUT2D eigenvalue weighted by Gasteiger charge is -2.47. The molecule has 0 bridgehead atoms. The highest BCUT2D eigenvalue weighted by molar-refractivity contribution is 5.84. The summed E-state index contributed by atoms with van der Waals surface area (Å²) >= 11 is 0. The highest BCUT2D eigenvalue weighted by Gasteiger charge is 2.45. The number of hydrogen-bond donors (Lipinski definition) is 2. The molecule has 5 heteroatoms. The maximum absolute atomic E-state index is 11.9. The number of nitrogens with one attached hydrogen (secondary N) is 1. The first-order valence-electron chi connectivity index (χ1n) is 6.47. The fourth-order valence-electron chi connectivity index (χ4n) is 3.12.